The van der Waals surface area contributed by atoms with Crippen LogP contribution < -0.4 is 0 Å². The lowest BCUT2D eigenvalue weighted by atomic mass is 10.1. The minimum Gasteiger partial charge on any atom is -0.465 e. The Morgan fingerprint density at radius 2 is 2.15 bits per heavy atom. The molecule has 0 spiro atoms. The molecule has 2 rings (SSSR count). The van der Waals surface area contributed by atoms with Crippen LogP contribution >= 0.6 is 27.3 Å². The number of hydrogen-bond donors (Lipinski definition) is 0. The summed E-state index contributed by atoms with van der Waals surface area (Å²) >= 11 is 5.23. The standard InChI is InChI=1S/C15H16BrNO2S/c1-17(8-11-5-6-20-10-11)9-13-4-3-12(7-14(13)16)15(18)19-2/h3-7,10H,8-9H2,1-2H3. The molecule has 0 saturated heterocycles. The average molecular weight is 354 g/mol. The second kappa shape index (κ2) is 7.02. The second-order valence-corrected chi connectivity index (χ2v) is 6.24. The number of carbonyl (C=O) groups excluding carboxylic acids is 1. The van der Waals surface area contributed by atoms with Gasteiger partial charge in [0.15, 0.2) is 0 Å². The maximum absolute atomic E-state index is 11.5. The number of esters is 1. The molecule has 0 amide bonds. The highest BCUT2D eigenvalue weighted by Crippen LogP contribution is 2.21. The predicted octanol–water partition coefficient (Wildman–Crippen LogP) is 3.93. The first kappa shape index (κ1) is 15.2. The minimum absolute atomic E-state index is 0.316. The molecule has 20 heavy (non-hydrogen) atoms. The first-order valence-corrected chi connectivity index (χ1v) is 7.90. The predicted molar refractivity (Wildman–Crippen MR) is 85.0 cm³/mol. The molecule has 0 fully saturated rings. The van der Waals surface area contributed by atoms with E-state index in [1.165, 1.54) is 12.7 Å². The van der Waals surface area contributed by atoms with Crippen molar-refractivity contribution in [1.82, 2.24) is 4.90 Å². The van der Waals surface area contributed by atoms with E-state index in [1.54, 1.807) is 23.5 Å². The summed E-state index contributed by atoms with van der Waals surface area (Å²) in [5, 5.41) is 4.25. The summed E-state index contributed by atoms with van der Waals surface area (Å²) in [4.78, 5) is 13.7. The minimum atomic E-state index is -0.316. The Bertz CT molecular complexity index is 584. The van der Waals surface area contributed by atoms with E-state index in [0.29, 0.717) is 5.56 Å². The van der Waals surface area contributed by atoms with Crippen LogP contribution in [0.2, 0.25) is 0 Å². The maximum Gasteiger partial charge on any atom is 0.337 e. The third-order valence-electron chi connectivity index (χ3n) is 2.95. The van der Waals surface area contributed by atoms with Gasteiger partial charge in [-0.1, -0.05) is 22.0 Å². The molecule has 0 radical (unpaired) electrons. The zero-order chi connectivity index (χ0) is 14.5. The van der Waals surface area contributed by atoms with Crippen molar-refractivity contribution in [3.05, 3.63) is 56.2 Å². The number of benzene rings is 1. The molecule has 0 aliphatic heterocycles. The van der Waals surface area contributed by atoms with Crippen molar-refractivity contribution >= 4 is 33.2 Å². The SMILES string of the molecule is COC(=O)c1ccc(CN(C)Cc2ccsc2)c(Br)c1. The van der Waals surface area contributed by atoms with Crippen LogP contribution in [0, 0.1) is 0 Å². The molecule has 0 bridgehead atoms. The molecule has 2 aromatic rings. The molecular formula is C15H16BrNO2S. The smallest absolute Gasteiger partial charge is 0.337 e. The number of thiophene rings is 1. The number of ether oxygens (including phenoxy) is 1. The van der Waals surface area contributed by atoms with Crippen LogP contribution in [-0.4, -0.2) is 25.0 Å². The third kappa shape index (κ3) is 3.91. The number of halogens is 1. The molecule has 3 nitrogen and oxygen atoms in total. The molecule has 0 saturated carbocycles. The Balaban J connectivity index is 2.04. The van der Waals surface area contributed by atoms with Gasteiger partial charge in [-0.3, -0.25) is 4.90 Å². The molecule has 1 heterocycles. The zero-order valence-corrected chi connectivity index (χ0v) is 13.8. The van der Waals surface area contributed by atoms with Crippen molar-refractivity contribution < 1.29 is 9.53 Å². The highest BCUT2D eigenvalue weighted by Gasteiger charge is 2.10. The fourth-order valence-corrected chi connectivity index (χ4v) is 3.13. The highest BCUT2D eigenvalue weighted by molar-refractivity contribution is 9.10. The molecule has 0 N–H and O–H groups in total. The summed E-state index contributed by atoms with van der Waals surface area (Å²) < 4.78 is 5.64. The summed E-state index contributed by atoms with van der Waals surface area (Å²) in [5.74, 6) is -0.316. The monoisotopic (exact) mass is 353 g/mol. The van der Waals surface area contributed by atoms with E-state index >= 15 is 0 Å². The number of carbonyl (C=O) groups is 1. The Hall–Kier alpha value is -1.17. The van der Waals surface area contributed by atoms with Crippen molar-refractivity contribution in [2.45, 2.75) is 13.1 Å². The lowest BCUT2D eigenvalue weighted by Crippen LogP contribution is -2.17. The van der Waals surface area contributed by atoms with E-state index in [4.69, 9.17) is 4.74 Å². The summed E-state index contributed by atoms with van der Waals surface area (Å²) in [6.45, 7) is 1.73. The summed E-state index contributed by atoms with van der Waals surface area (Å²) in [5.41, 5.74) is 3.03. The van der Waals surface area contributed by atoms with E-state index in [1.807, 2.05) is 6.07 Å². The van der Waals surface area contributed by atoms with Gasteiger partial charge in [0.1, 0.15) is 0 Å². The Morgan fingerprint density at radius 3 is 2.75 bits per heavy atom. The third-order valence-corrected chi connectivity index (χ3v) is 4.42. The van der Waals surface area contributed by atoms with Crippen LogP contribution in [0.15, 0.2) is 39.5 Å². The van der Waals surface area contributed by atoms with Crippen molar-refractivity contribution in [1.29, 1.82) is 0 Å². The number of hydrogen-bond acceptors (Lipinski definition) is 4. The Labute approximate surface area is 131 Å². The average Bonchev–Trinajstić information content (AvgIpc) is 2.93. The topological polar surface area (TPSA) is 29.5 Å². The van der Waals surface area contributed by atoms with Crippen molar-refractivity contribution in [2.24, 2.45) is 0 Å². The van der Waals surface area contributed by atoms with Crippen molar-refractivity contribution in [2.75, 3.05) is 14.2 Å². The van der Waals surface area contributed by atoms with E-state index in [9.17, 15) is 4.79 Å². The van der Waals surface area contributed by atoms with Crippen molar-refractivity contribution in [3.63, 3.8) is 0 Å². The lowest BCUT2D eigenvalue weighted by Gasteiger charge is -2.17. The Morgan fingerprint density at radius 1 is 1.35 bits per heavy atom. The second-order valence-electron chi connectivity index (χ2n) is 4.60. The van der Waals surface area contributed by atoms with E-state index in [-0.39, 0.29) is 5.97 Å². The lowest BCUT2D eigenvalue weighted by molar-refractivity contribution is 0.0600. The molecular weight excluding hydrogens is 338 g/mol. The highest BCUT2D eigenvalue weighted by atomic mass is 79.9. The summed E-state index contributed by atoms with van der Waals surface area (Å²) in [7, 11) is 3.47. The van der Waals surface area contributed by atoms with Gasteiger partial charge in [-0.15, -0.1) is 0 Å². The molecule has 0 aliphatic carbocycles. The zero-order valence-electron chi connectivity index (χ0n) is 11.4. The van der Waals surface area contributed by atoms with Gasteiger partial charge in [0.25, 0.3) is 0 Å². The molecule has 5 heteroatoms. The quantitative estimate of drug-likeness (QED) is 0.762. The molecule has 1 aromatic heterocycles. The number of nitrogens with zero attached hydrogens (tertiary/aromatic N) is 1. The fraction of sp³-hybridized carbons (Fsp3) is 0.267. The number of methoxy groups -OCH3 is 1. The summed E-state index contributed by atoms with van der Waals surface area (Å²) in [6.07, 6.45) is 0. The maximum atomic E-state index is 11.5. The molecule has 1 aromatic carbocycles. The normalized spacial score (nSPS) is 10.8. The molecule has 0 unspecified atom stereocenters. The Kier molecular flexibility index (Phi) is 5.34. The van der Waals surface area contributed by atoms with Gasteiger partial charge in [0, 0.05) is 17.6 Å². The number of rotatable bonds is 5. The van der Waals surface area contributed by atoms with Gasteiger partial charge < -0.3 is 4.74 Å². The van der Waals surface area contributed by atoms with E-state index < -0.39 is 0 Å². The molecule has 106 valence electrons. The first-order valence-electron chi connectivity index (χ1n) is 6.16. The fourth-order valence-electron chi connectivity index (χ4n) is 1.96. The van der Waals surface area contributed by atoms with Crippen LogP contribution in [0.3, 0.4) is 0 Å². The largest absolute Gasteiger partial charge is 0.465 e. The van der Waals surface area contributed by atoms with Gasteiger partial charge in [-0.25, -0.2) is 4.79 Å². The van der Waals surface area contributed by atoms with Crippen molar-refractivity contribution in [3.8, 4) is 0 Å². The molecule has 0 aliphatic rings. The van der Waals surface area contributed by atoms with Gasteiger partial charge in [0.05, 0.1) is 12.7 Å². The van der Waals surface area contributed by atoms with Crippen LogP contribution in [0.25, 0.3) is 0 Å². The molecule has 0 atom stereocenters. The van der Waals surface area contributed by atoms with E-state index in [2.05, 4.69) is 44.7 Å². The van der Waals surface area contributed by atoms with Gasteiger partial charge in [-0.2, -0.15) is 11.3 Å². The van der Waals surface area contributed by atoms with Crippen LogP contribution in [0.5, 0.6) is 0 Å². The van der Waals surface area contributed by atoms with Gasteiger partial charge in [0.2, 0.25) is 0 Å². The van der Waals surface area contributed by atoms with Gasteiger partial charge >= 0.3 is 5.97 Å². The van der Waals surface area contributed by atoms with Crippen LogP contribution in [0.4, 0.5) is 0 Å². The van der Waals surface area contributed by atoms with Gasteiger partial charge in [-0.05, 0) is 47.1 Å². The van der Waals surface area contributed by atoms with E-state index in [0.717, 1.165) is 23.1 Å². The van der Waals surface area contributed by atoms with Crippen LogP contribution in [0.1, 0.15) is 21.5 Å². The van der Waals surface area contributed by atoms with Crippen LogP contribution in [-0.2, 0) is 17.8 Å². The summed E-state index contributed by atoms with van der Waals surface area (Å²) in [6, 6.07) is 7.70. The first-order chi connectivity index (χ1) is 9.60.